The Balaban J connectivity index is 0.00000112. The number of nitrogens with one attached hydrogen (secondary N) is 2. The van der Waals surface area contributed by atoms with Crippen molar-refractivity contribution in [3.63, 3.8) is 0 Å². The highest BCUT2D eigenvalue weighted by Crippen LogP contribution is 2.15. The van der Waals surface area contributed by atoms with Crippen LogP contribution in [0.3, 0.4) is 0 Å². The minimum atomic E-state index is 0. The third-order valence-electron chi connectivity index (χ3n) is 2.36. The third kappa shape index (κ3) is 3.19. The van der Waals surface area contributed by atoms with Crippen LogP contribution in [-0.4, -0.2) is 25.0 Å². The molecule has 1 aliphatic rings. The van der Waals surface area contributed by atoms with E-state index < -0.39 is 0 Å². The van der Waals surface area contributed by atoms with Gasteiger partial charge in [0.25, 0.3) is 5.91 Å². The number of hydrogen-bond acceptors (Lipinski definition) is 3. The molecular formula is C10H15ClN2OS. The van der Waals surface area contributed by atoms with Crippen LogP contribution >= 0.6 is 23.7 Å². The normalized spacial score (nSPS) is 19.7. The number of halogens is 1. The molecule has 1 fully saturated rings. The maximum atomic E-state index is 11.7. The van der Waals surface area contributed by atoms with Crippen LogP contribution in [0.25, 0.3) is 0 Å². The van der Waals surface area contributed by atoms with Crippen molar-refractivity contribution in [1.82, 2.24) is 10.6 Å². The van der Waals surface area contributed by atoms with E-state index in [1.807, 2.05) is 19.1 Å². The molecule has 15 heavy (non-hydrogen) atoms. The predicted octanol–water partition coefficient (Wildman–Crippen LogP) is 1.57. The second kappa shape index (κ2) is 5.49. The average Bonchev–Trinajstić information content (AvgIpc) is 2.75. The standard InChI is InChI=1S/C10H14N2OS.ClH/c1-7-2-3-9(14-7)10(13)12-8-4-5-11-6-8;/h2-3,8,11H,4-6H2,1H3,(H,12,13);1H. The van der Waals surface area contributed by atoms with Gasteiger partial charge >= 0.3 is 0 Å². The van der Waals surface area contributed by atoms with Gasteiger partial charge in [0, 0.05) is 17.5 Å². The smallest absolute Gasteiger partial charge is 0.261 e. The molecular weight excluding hydrogens is 232 g/mol. The third-order valence-corrected chi connectivity index (χ3v) is 3.36. The monoisotopic (exact) mass is 246 g/mol. The number of carbonyl (C=O) groups is 1. The zero-order chi connectivity index (χ0) is 9.97. The summed E-state index contributed by atoms with van der Waals surface area (Å²) in [4.78, 5) is 13.7. The molecule has 2 heterocycles. The van der Waals surface area contributed by atoms with Crippen molar-refractivity contribution in [1.29, 1.82) is 0 Å². The van der Waals surface area contributed by atoms with Crippen LogP contribution < -0.4 is 10.6 Å². The molecule has 1 atom stereocenters. The lowest BCUT2D eigenvalue weighted by atomic mass is 10.2. The van der Waals surface area contributed by atoms with Crippen molar-refractivity contribution in [2.24, 2.45) is 0 Å². The zero-order valence-corrected chi connectivity index (χ0v) is 10.2. The van der Waals surface area contributed by atoms with Gasteiger partial charge in [0.1, 0.15) is 0 Å². The second-order valence-electron chi connectivity index (χ2n) is 3.57. The Hall–Kier alpha value is -0.580. The zero-order valence-electron chi connectivity index (χ0n) is 8.58. The number of carbonyl (C=O) groups excluding carboxylic acids is 1. The molecule has 5 heteroatoms. The summed E-state index contributed by atoms with van der Waals surface area (Å²) in [6, 6.07) is 4.18. The Morgan fingerprint density at radius 2 is 2.40 bits per heavy atom. The van der Waals surface area contributed by atoms with E-state index in [1.165, 1.54) is 4.88 Å². The minimum Gasteiger partial charge on any atom is -0.347 e. The summed E-state index contributed by atoms with van der Waals surface area (Å²) in [5, 5.41) is 6.24. The van der Waals surface area contributed by atoms with Crippen molar-refractivity contribution in [3.8, 4) is 0 Å². The molecule has 0 bridgehead atoms. The van der Waals surface area contributed by atoms with Crippen molar-refractivity contribution in [3.05, 3.63) is 21.9 Å². The summed E-state index contributed by atoms with van der Waals surface area (Å²) >= 11 is 1.55. The molecule has 0 aliphatic carbocycles. The molecule has 1 unspecified atom stereocenters. The van der Waals surface area contributed by atoms with Crippen molar-refractivity contribution >= 4 is 29.7 Å². The maximum absolute atomic E-state index is 11.7. The van der Waals surface area contributed by atoms with Gasteiger partial charge in [-0.2, -0.15) is 0 Å². The maximum Gasteiger partial charge on any atom is 0.261 e. The van der Waals surface area contributed by atoms with Crippen LogP contribution in [0.15, 0.2) is 12.1 Å². The molecule has 1 aromatic heterocycles. The van der Waals surface area contributed by atoms with E-state index in [1.54, 1.807) is 11.3 Å². The Morgan fingerprint density at radius 3 is 2.93 bits per heavy atom. The molecule has 0 saturated carbocycles. The van der Waals surface area contributed by atoms with Gasteiger partial charge in [0.15, 0.2) is 0 Å². The Labute approximate surface area is 99.7 Å². The fourth-order valence-corrected chi connectivity index (χ4v) is 2.36. The number of rotatable bonds is 2. The topological polar surface area (TPSA) is 41.1 Å². The first-order valence-corrected chi connectivity index (χ1v) is 5.65. The Morgan fingerprint density at radius 1 is 1.60 bits per heavy atom. The first kappa shape index (κ1) is 12.5. The van der Waals surface area contributed by atoms with Crippen molar-refractivity contribution < 1.29 is 4.79 Å². The van der Waals surface area contributed by atoms with E-state index in [0.29, 0.717) is 6.04 Å². The number of hydrogen-bond donors (Lipinski definition) is 2. The van der Waals surface area contributed by atoms with Gasteiger partial charge < -0.3 is 10.6 Å². The molecule has 2 N–H and O–H groups in total. The quantitative estimate of drug-likeness (QED) is 0.832. The fraction of sp³-hybridized carbons (Fsp3) is 0.500. The summed E-state index contributed by atoms with van der Waals surface area (Å²) in [5.74, 6) is 0.0665. The first-order chi connectivity index (χ1) is 6.75. The van der Waals surface area contributed by atoms with Gasteiger partial charge in [-0.3, -0.25) is 4.79 Å². The lowest BCUT2D eigenvalue weighted by Gasteiger charge is -2.09. The highest BCUT2D eigenvalue weighted by molar-refractivity contribution is 7.13. The Kier molecular flexibility index (Phi) is 4.57. The van der Waals surface area contributed by atoms with Gasteiger partial charge in [-0.05, 0) is 32.0 Å². The SMILES string of the molecule is Cc1ccc(C(=O)NC2CCNC2)s1.Cl. The van der Waals surface area contributed by atoms with Crippen LogP contribution in [0.5, 0.6) is 0 Å². The number of amides is 1. The summed E-state index contributed by atoms with van der Waals surface area (Å²) in [6.07, 6.45) is 1.04. The predicted molar refractivity (Wildman–Crippen MR) is 65.0 cm³/mol. The summed E-state index contributed by atoms with van der Waals surface area (Å²) in [7, 11) is 0. The largest absolute Gasteiger partial charge is 0.347 e. The van der Waals surface area contributed by atoms with Crippen LogP contribution in [0.4, 0.5) is 0 Å². The van der Waals surface area contributed by atoms with Gasteiger partial charge in [-0.25, -0.2) is 0 Å². The molecule has 0 aromatic carbocycles. The number of aryl methyl sites for hydroxylation is 1. The Bertz CT molecular complexity index is 334. The molecule has 84 valence electrons. The lowest BCUT2D eigenvalue weighted by molar-refractivity contribution is 0.0944. The summed E-state index contributed by atoms with van der Waals surface area (Å²) in [5.41, 5.74) is 0. The molecule has 2 rings (SSSR count). The highest BCUT2D eigenvalue weighted by Gasteiger charge is 2.17. The molecule has 0 spiro atoms. The van der Waals surface area contributed by atoms with E-state index in [4.69, 9.17) is 0 Å². The van der Waals surface area contributed by atoms with Crippen LogP contribution in [-0.2, 0) is 0 Å². The van der Waals surface area contributed by atoms with Gasteiger partial charge in [-0.15, -0.1) is 23.7 Å². The van der Waals surface area contributed by atoms with Crippen molar-refractivity contribution in [2.75, 3.05) is 13.1 Å². The van der Waals surface area contributed by atoms with Crippen LogP contribution in [0.2, 0.25) is 0 Å². The van der Waals surface area contributed by atoms with Crippen LogP contribution in [0.1, 0.15) is 21.0 Å². The summed E-state index contributed by atoms with van der Waals surface area (Å²) in [6.45, 7) is 3.92. The molecule has 0 radical (unpaired) electrons. The van der Waals surface area contributed by atoms with Crippen LogP contribution in [0, 0.1) is 6.92 Å². The van der Waals surface area contributed by atoms with Crippen molar-refractivity contribution in [2.45, 2.75) is 19.4 Å². The second-order valence-corrected chi connectivity index (χ2v) is 4.86. The van der Waals surface area contributed by atoms with E-state index in [2.05, 4.69) is 10.6 Å². The highest BCUT2D eigenvalue weighted by atomic mass is 35.5. The van der Waals surface area contributed by atoms with Gasteiger partial charge in [0.05, 0.1) is 4.88 Å². The lowest BCUT2D eigenvalue weighted by Crippen LogP contribution is -2.35. The molecule has 1 aromatic rings. The van der Waals surface area contributed by atoms with E-state index in [-0.39, 0.29) is 18.3 Å². The van der Waals surface area contributed by atoms with Gasteiger partial charge in [0.2, 0.25) is 0 Å². The molecule has 1 aliphatic heterocycles. The summed E-state index contributed by atoms with van der Waals surface area (Å²) < 4.78 is 0. The number of thiophene rings is 1. The van der Waals surface area contributed by atoms with Gasteiger partial charge in [-0.1, -0.05) is 0 Å². The molecule has 1 saturated heterocycles. The van der Waals surface area contributed by atoms with E-state index in [0.717, 1.165) is 24.4 Å². The fourth-order valence-electron chi connectivity index (χ4n) is 1.59. The molecule has 1 amide bonds. The van der Waals surface area contributed by atoms with E-state index in [9.17, 15) is 4.79 Å². The minimum absolute atomic E-state index is 0. The average molecular weight is 247 g/mol. The molecule has 3 nitrogen and oxygen atoms in total. The van der Waals surface area contributed by atoms with E-state index >= 15 is 0 Å². The first-order valence-electron chi connectivity index (χ1n) is 4.84.